The number of carbonyl (C=O) groups excluding carboxylic acids is 4. The standard InChI is InChI=1S/C16H20N6O.C15H24N2.C14H22N2.C11H19N3O.C10H17N3O.C8H18N2.C6H4ClN3.C4H5NO/c1-11-5-8-22(14(23)3-6-17)9-13(11)21(2)16-12-4-7-18-15(12)19-10-20-16;1-13-9-10-17(12-15(13)16(2)3)11-14-7-5-4-6-8-14;1-12-8-9-16(11-14(12)15-2)10-13-6-4-3-5-7-13;1-9-5-7-14(11(15)4-6-12)8-10(9)13(2)3;1-8-4-6-13(7-9(8)12-2)10(14)3-5-11;1-7-4-5-9-6-8(7)10(2)3;7-5-4-1-2-8-6(4)10-3-9-5;1-4(6)3-5-2/h4,7,10-11,13H,3,5,8-9H2,1-2H3,(H,18,19,20);4-8,13,15H,9-12H2,1-3H3;3-7,12,14-15H,8-11H2,1-2H3;9-10H,4-5,7-8H2,1-3H3;8-9,12H,3-4,6-7H2,1-2H3;7-9H,4-6H2,1-3H3;1-3H,(H,8,9,10);3H2,1H3/t11-,13+;13-,15+;12-,14+;9-,10+;8-,9+;7-,8+;;/m111111../s1. The zero-order valence-corrected chi connectivity index (χ0v) is 70.0. The molecule has 111 heavy (non-hydrogen) atoms. The second kappa shape index (κ2) is 49.8. The number of anilines is 1. The van der Waals surface area contributed by atoms with Crippen LogP contribution in [0, 0.1) is 76.1 Å². The monoisotopic (exact) mass is 1550 g/mol. The lowest BCUT2D eigenvalue weighted by atomic mass is 9.92. The molecule has 5 N–H and O–H groups in total. The molecule has 0 unspecified atom stereocenters. The molecule has 0 saturated carbocycles. The van der Waals surface area contributed by atoms with E-state index in [4.69, 9.17) is 34.0 Å². The van der Waals surface area contributed by atoms with Crippen molar-refractivity contribution < 1.29 is 19.2 Å². The maximum absolute atomic E-state index is 12.0. The number of likely N-dealkylation sites (tertiary alicyclic amines) is 5. The van der Waals surface area contributed by atoms with Crippen molar-refractivity contribution in [2.24, 2.45) is 35.5 Å². The van der Waals surface area contributed by atoms with Crippen molar-refractivity contribution in [3.05, 3.63) is 126 Å². The van der Waals surface area contributed by atoms with Gasteiger partial charge in [-0.05, 0) is 173 Å². The number of ketones is 1. The van der Waals surface area contributed by atoms with E-state index in [1.807, 2.05) is 69.6 Å². The quantitative estimate of drug-likeness (QED) is 0.0472. The average molecular weight is 1550 g/mol. The first-order valence-corrected chi connectivity index (χ1v) is 39.8. The summed E-state index contributed by atoms with van der Waals surface area (Å²) in [5, 5.41) is 38.0. The molecule has 6 aromatic rings. The van der Waals surface area contributed by atoms with Gasteiger partial charge in [0.25, 0.3) is 6.54 Å². The molecule has 0 radical (unpaired) electrons. The van der Waals surface area contributed by atoms with Crippen LogP contribution in [0.25, 0.3) is 26.9 Å². The van der Waals surface area contributed by atoms with Gasteiger partial charge in [0.15, 0.2) is 0 Å². The third kappa shape index (κ3) is 31.2. The number of carbonyl (C=O) groups is 4. The maximum atomic E-state index is 12.0. The Balaban J connectivity index is 0.000000232. The van der Waals surface area contributed by atoms with Crippen molar-refractivity contribution in [2.75, 3.05) is 153 Å². The highest BCUT2D eigenvalue weighted by molar-refractivity contribution is 6.33. The van der Waals surface area contributed by atoms with E-state index in [-0.39, 0.29) is 55.4 Å². The molecule has 3 amide bonds. The SMILES string of the molecule is CN[C@H]1CN(C(=O)CC#N)CC[C@H]1C.CN[C@H]1CN(Cc2ccccc2)CC[C@H]1C.C[C@@H]1CCN(C(=O)CC#N)C[C@@H]1N(C)C.C[C@@H]1CCN(C(=O)CC#N)C[C@@H]1N(C)c1ncnc2[nH]ccc12.C[C@@H]1CCN(Cc2ccccc2)C[C@@H]1N(C)C.C[C@@H]1CCNC[C@@H]1N(C)C.Clc1ncnc2[nH]ccc12.[C-]#[N+]CC(C)=O. The minimum Gasteiger partial charge on any atom is -0.354 e. The van der Waals surface area contributed by atoms with E-state index >= 15 is 0 Å². The van der Waals surface area contributed by atoms with Crippen LogP contribution in [0.15, 0.2) is 97.8 Å². The lowest BCUT2D eigenvalue weighted by Crippen LogP contribution is -2.52. The molecule has 12 rings (SSSR count). The van der Waals surface area contributed by atoms with Crippen LogP contribution in [-0.2, 0) is 32.3 Å². The van der Waals surface area contributed by atoms with Gasteiger partial charge >= 0.3 is 0 Å². The lowest BCUT2D eigenvalue weighted by molar-refractivity contribution is -0.133. The highest BCUT2D eigenvalue weighted by Gasteiger charge is 2.35. The Morgan fingerprint density at radius 2 is 0.928 bits per heavy atom. The first-order valence-electron chi connectivity index (χ1n) is 39.5. The molecular formula is C84H129ClN22O4. The van der Waals surface area contributed by atoms with Crippen LogP contribution in [0.3, 0.4) is 0 Å². The van der Waals surface area contributed by atoms with Gasteiger partial charge < -0.3 is 65.1 Å². The first kappa shape index (κ1) is 93.1. The fourth-order valence-electron chi connectivity index (χ4n) is 15.1. The summed E-state index contributed by atoms with van der Waals surface area (Å²) in [4.78, 5) is 89.7. The molecule has 0 aliphatic carbocycles. The van der Waals surface area contributed by atoms with Crippen molar-refractivity contribution in [1.82, 2.24) is 85.1 Å². The Hall–Kier alpha value is -8.51. The number of piperidine rings is 6. The number of hydrogen-bond acceptors (Lipinski definition) is 20. The van der Waals surface area contributed by atoms with Crippen LogP contribution < -0.4 is 20.9 Å². The van der Waals surface area contributed by atoms with E-state index in [0.717, 1.165) is 123 Å². The molecule has 0 bridgehead atoms. The minimum atomic E-state index is -0.0905. The number of nitrogens with zero attached hydrogens (tertiary/aromatic N) is 17. The van der Waals surface area contributed by atoms with Crippen LogP contribution in [0.2, 0.25) is 5.15 Å². The number of aromatic amines is 2. The fourth-order valence-corrected chi connectivity index (χ4v) is 15.3. The van der Waals surface area contributed by atoms with Gasteiger partial charge in [-0.3, -0.25) is 29.0 Å². The Kier molecular flexibility index (Phi) is 41.7. The van der Waals surface area contributed by atoms with E-state index in [2.05, 4.69) is 218 Å². The second-order valence-electron chi connectivity index (χ2n) is 31.2. The molecule has 6 aliphatic rings. The van der Waals surface area contributed by atoms with Gasteiger partial charge in [-0.2, -0.15) is 15.8 Å². The largest absolute Gasteiger partial charge is 0.354 e. The molecule has 26 nitrogen and oxygen atoms in total. The summed E-state index contributed by atoms with van der Waals surface area (Å²) in [7, 11) is 18.8. The van der Waals surface area contributed by atoms with Gasteiger partial charge in [-0.25, -0.2) is 26.5 Å². The van der Waals surface area contributed by atoms with Crippen molar-refractivity contribution in [2.45, 2.75) is 156 Å². The Bertz CT molecular complexity index is 3870. The van der Waals surface area contributed by atoms with Gasteiger partial charge in [-0.1, -0.05) is 114 Å². The molecular weight excluding hydrogens is 1420 g/mol. The molecule has 4 aromatic heterocycles. The van der Waals surface area contributed by atoms with Crippen LogP contribution in [-0.4, -0.2) is 277 Å². The van der Waals surface area contributed by atoms with Gasteiger partial charge in [0.05, 0.1) is 35.0 Å². The number of amides is 3. The fraction of sp³-hybridized carbons (Fsp3) is 0.619. The number of nitrogens with one attached hydrogen (secondary N) is 5. The van der Waals surface area contributed by atoms with Crippen molar-refractivity contribution in [3.8, 4) is 18.2 Å². The molecule has 0 spiro atoms. The normalized spacial score (nSPS) is 23.7. The summed E-state index contributed by atoms with van der Waals surface area (Å²) >= 11 is 5.73. The molecule has 6 saturated heterocycles. The summed E-state index contributed by atoms with van der Waals surface area (Å²) < 4.78 is 0. The number of halogens is 1. The maximum Gasteiger partial charge on any atom is 0.271 e. The van der Waals surface area contributed by atoms with Crippen molar-refractivity contribution >= 4 is 63.0 Å². The van der Waals surface area contributed by atoms with Crippen molar-refractivity contribution in [1.29, 1.82) is 15.8 Å². The third-order valence-corrected chi connectivity index (χ3v) is 22.7. The molecule has 6 aliphatic heterocycles. The molecule has 606 valence electrons. The van der Waals surface area contributed by atoms with E-state index in [9.17, 15) is 19.2 Å². The summed E-state index contributed by atoms with van der Waals surface area (Å²) in [6, 6.07) is 34.2. The summed E-state index contributed by atoms with van der Waals surface area (Å²) in [6.45, 7) is 35.0. The predicted molar refractivity (Wildman–Crippen MR) is 445 cm³/mol. The average Bonchev–Trinajstić information content (AvgIpc) is 1.77. The second-order valence-corrected chi connectivity index (χ2v) is 31.5. The van der Waals surface area contributed by atoms with E-state index < -0.39 is 0 Å². The number of hydrogen-bond donors (Lipinski definition) is 5. The van der Waals surface area contributed by atoms with Gasteiger partial charge in [0.1, 0.15) is 54.2 Å². The Morgan fingerprint density at radius 1 is 0.523 bits per heavy atom. The lowest BCUT2D eigenvalue weighted by Gasteiger charge is -2.42. The van der Waals surface area contributed by atoms with Gasteiger partial charge in [-0.15, -0.1) is 0 Å². The zero-order chi connectivity index (χ0) is 81.5. The van der Waals surface area contributed by atoms with E-state index in [1.165, 1.54) is 76.4 Å². The Labute approximate surface area is 667 Å². The van der Waals surface area contributed by atoms with Crippen molar-refractivity contribution in [3.63, 3.8) is 0 Å². The molecule has 12 atom stereocenters. The Morgan fingerprint density at radius 3 is 1.37 bits per heavy atom. The number of benzene rings is 2. The van der Waals surface area contributed by atoms with Crippen LogP contribution in [0.5, 0.6) is 0 Å². The number of aromatic nitrogens is 6. The number of nitriles is 3. The number of Topliss-reactive ketones (excluding diaryl/α,β-unsaturated/α-hetero) is 1. The number of fused-ring (bicyclic) bond motifs is 2. The number of H-pyrrole nitrogens is 2. The highest BCUT2D eigenvalue weighted by Crippen LogP contribution is 2.30. The van der Waals surface area contributed by atoms with Crippen LogP contribution in [0.1, 0.15) is 117 Å². The van der Waals surface area contributed by atoms with Gasteiger partial charge in [0, 0.05) is 129 Å². The van der Waals surface area contributed by atoms with Crippen LogP contribution in [0.4, 0.5) is 5.82 Å². The minimum absolute atomic E-state index is 0.00478. The van der Waals surface area contributed by atoms with Gasteiger partial charge in [0.2, 0.25) is 23.5 Å². The summed E-state index contributed by atoms with van der Waals surface area (Å²) in [5.41, 5.74) is 4.44. The molecule has 6 fully saturated rings. The predicted octanol–water partition coefficient (Wildman–Crippen LogP) is 9.83. The van der Waals surface area contributed by atoms with E-state index in [1.54, 1.807) is 22.3 Å². The third-order valence-electron chi connectivity index (χ3n) is 22.4. The van der Waals surface area contributed by atoms with E-state index in [0.29, 0.717) is 53.6 Å². The molecule has 2 aromatic carbocycles. The highest BCUT2D eigenvalue weighted by atomic mass is 35.5. The zero-order valence-electron chi connectivity index (χ0n) is 69.2. The smallest absolute Gasteiger partial charge is 0.271 e. The topological polar surface area (TPSA) is 292 Å². The molecule has 10 heterocycles. The summed E-state index contributed by atoms with van der Waals surface area (Å²) in [6.07, 6.45) is 13.5. The first-order chi connectivity index (χ1) is 53.2. The number of rotatable bonds is 15. The summed E-state index contributed by atoms with van der Waals surface area (Å²) in [5.74, 6) is 4.77. The molecule has 27 heteroatoms. The van der Waals surface area contributed by atoms with Crippen LogP contribution >= 0.6 is 11.6 Å². The number of likely N-dealkylation sites (N-methyl/N-ethyl adjacent to an activating group) is 6.